The fraction of sp³-hybridized carbons (Fsp3) is 0.333. The Morgan fingerprint density at radius 3 is 2.76 bits per heavy atom. The van der Waals surface area contributed by atoms with E-state index in [4.69, 9.17) is 10.5 Å². The molecule has 0 saturated carbocycles. The lowest BCUT2D eigenvalue weighted by molar-refractivity contribution is 0.00695. The molecule has 2 rings (SSSR count). The van der Waals surface area contributed by atoms with E-state index in [1.165, 1.54) is 11.3 Å². The summed E-state index contributed by atoms with van der Waals surface area (Å²) in [6.07, 6.45) is 0. The second-order valence-electron chi connectivity index (χ2n) is 4.75. The first-order valence-corrected chi connectivity index (χ1v) is 6.06. The third-order valence-corrected chi connectivity index (χ3v) is 2.98. The molecule has 0 unspecified atom stereocenters. The van der Waals surface area contributed by atoms with Gasteiger partial charge in [-0.25, -0.2) is 9.78 Å². The van der Waals surface area contributed by atoms with Gasteiger partial charge in [-0.1, -0.05) is 0 Å². The minimum absolute atomic E-state index is 0.362. The minimum Gasteiger partial charge on any atom is -0.455 e. The number of thiazole rings is 1. The maximum atomic E-state index is 11.8. The first kappa shape index (κ1) is 11.9. The van der Waals surface area contributed by atoms with Crippen LogP contribution in [0.5, 0.6) is 0 Å². The molecule has 0 spiro atoms. The molecule has 4 nitrogen and oxygen atoms in total. The third-order valence-electron chi connectivity index (χ3n) is 1.99. The van der Waals surface area contributed by atoms with Gasteiger partial charge in [0, 0.05) is 5.69 Å². The number of nitrogen functional groups attached to an aromatic ring is 1. The lowest BCUT2D eigenvalue weighted by Gasteiger charge is -2.18. The summed E-state index contributed by atoms with van der Waals surface area (Å²) in [4.78, 5) is 16.0. The SMILES string of the molecule is CC(C)(C)OC(=O)c1nc2ccc(N)cc2s1. The van der Waals surface area contributed by atoms with Gasteiger partial charge in [-0.2, -0.15) is 0 Å². The smallest absolute Gasteiger partial charge is 0.367 e. The van der Waals surface area contributed by atoms with Crippen LogP contribution < -0.4 is 5.73 Å². The van der Waals surface area contributed by atoms with Crippen molar-refractivity contribution in [3.8, 4) is 0 Å². The van der Waals surface area contributed by atoms with Crippen LogP contribution in [0.2, 0.25) is 0 Å². The first-order chi connectivity index (χ1) is 7.85. The van der Waals surface area contributed by atoms with Gasteiger partial charge in [0.25, 0.3) is 0 Å². The zero-order chi connectivity index (χ0) is 12.6. The summed E-state index contributed by atoms with van der Waals surface area (Å²) in [5, 5.41) is 0.362. The lowest BCUT2D eigenvalue weighted by Crippen LogP contribution is -2.23. The highest BCUT2D eigenvalue weighted by Crippen LogP contribution is 2.25. The molecular formula is C12H14N2O2S. The predicted molar refractivity (Wildman–Crippen MR) is 69.2 cm³/mol. The maximum absolute atomic E-state index is 11.8. The molecule has 17 heavy (non-hydrogen) atoms. The number of hydrogen-bond acceptors (Lipinski definition) is 5. The fourth-order valence-electron chi connectivity index (χ4n) is 1.35. The summed E-state index contributed by atoms with van der Waals surface area (Å²) in [5.74, 6) is -0.391. The molecule has 0 radical (unpaired) electrons. The average molecular weight is 250 g/mol. The van der Waals surface area contributed by atoms with E-state index in [1.54, 1.807) is 18.2 Å². The van der Waals surface area contributed by atoms with Crippen LogP contribution in [0.4, 0.5) is 5.69 Å². The van der Waals surface area contributed by atoms with Crippen molar-refractivity contribution < 1.29 is 9.53 Å². The molecule has 2 aromatic rings. The van der Waals surface area contributed by atoms with Gasteiger partial charge in [-0.05, 0) is 39.0 Å². The highest BCUT2D eigenvalue weighted by molar-refractivity contribution is 7.20. The molecule has 0 bridgehead atoms. The molecule has 2 N–H and O–H groups in total. The highest BCUT2D eigenvalue weighted by Gasteiger charge is 2.20. The molecule has 1 aromatic carbocycles. The number of ether oxygens (including phenoxy) is 1. The Kier molecular flexibility index (Phi) is 2.79. The number of carbonyl (C=O) groups is 1. The molecule has 5 heteroatoms. The molecule has 0 fully saturated rings. The van der Waals surface area contributed by atoms with E-state index in [-0.39, 0.29) is 0 Å². The van der Waals surface area contributed by atoms with Gasteiger partial charge in [0.1, 0.15) is 5.60 Å². The van der Waals surface area contributed by atoms with E-state index in [9.17, 15) is 4.79 Å². The van der Waals surface area contributed by atoms with Gasteiger partial charge in [0.15, 0.2) is 0 Å². The lowest BCUT2D eigenvalue weighted by atomic mass is 10.2. The number of hydrogen-bond donors (Lipinski definition) is 1. The van der Waals surface area contributed by atoms with Crippen molar-refractivity contribution in [2.75, 3.05) is 5.73 Å². The standard InChI is InChI=1S/C12H14N2O2S/c1-12(2,3)16-11(15)10-14-8-5-4-7(13)6-9(8)17-10/h4-6H,13H2,1-3H3. The van der Waals surface area contributed by atoms with Crippen LogP contribution >= 0.6 is 11.3 Å². The summed E-state index contributed by atoms with van der Waals surface area (Å²) in [6, 6.07) is 5.37. The van der Waals surface area contributed by atoms with Crippen molar-refractivity contribution in [1.29, 1.82) is 0 Å². The van der Waals surface area contributed by atoms with Gasteiger partial charge in [0.05, 0.1) is 10.2 Å². The Morgan fingerprint density at radius 1 is 1.41 bits per heavy atom. The summed E-state index contributed by atoms with van der Waals surface area (Å²) in [5.41, 5.74) is 6.60. The van der Waals surface area contributed by atoms with Gasteiger partial charge in [-0.15, -0.1) is 11.3 Å². The van der Waals surface area contributed by atoms with Crippen LogP contribution in [0.1, 0.15) is 30.6 Å². The summed E-state index contributed by atoms with van der Waals surface area (Å²) in [7, 11) is 0. The summed E-state index contributed by atoms with van der Waals surface area (Å²) in [6.45, 7) is 5.49. The Hall–Kier alpha value is -1.62. The van der Waals surface area contributed by atoms with Crippen LogP contribution in [-0.4, -0.2) is 16.6 Å². The maximum Gasteiger partial charge on any atom is 0.367 e. The number of aromatic nitrogens is 1. The van der Waals surface area contributed by atoms with Crippen LogP contribution in [0.3, 0.4) is 0 Å². The van der Waals surface area contributed by atoms with E-state index in [1.807, 2.05) is 20.8 Å². The van der Waals surface area contributed by atoms with Gasteiger partial charge < -0.3 is 10.5 Å². The summed E-state index contributed by atoms with van der Waals surface area (Å²) >= 11 is 1.29. The van der Waals surface area contributed by atoms with Gasteiger partial charge >= 0.3 is 5.97 Å². The van der Waals surface area contributed by atoms with E-state index < -0.39 is 11.6 Å². The number of benzene rings is 1. The average Bonchev–Trinajstić information content (AvgIpc) is 2.57. The number of fused-ring (bicyclic) bond motifs is 1. The molecule has 0 aliphatic carbocycles. The monoisotopic (exact) mass is 250 g/mol. The van der Waals surface area contributed by atoms with Gasteiger partial charge in [0.2, 0.25) is 5.01 Å². The topological polar surface area (TPSA) is 65.2 Å². The second-order valence-corrected chi connectivity index (χ2v) is 5.78. The largest absolute Gasteiger partial charge is 0.455 e. The Balaban J connectivity index is 2.33. The Morgan fingerprint density at radius 2 is 2.12 bits per heavy atom. The van der Waals surface area contributed by atoms with Crippen LogP contribution in [0.15, 0.2) is 18.2 Å². The molecule has 0 saturated heterocycles. The number of esters is 1. The van der Waals surface area contributed by atoms with Crippen molar-refractivity contribution in [3.63, 3.8) is 0 Å². The van der Waals surface area contributed by atoms with Crippen molar-refractivity contribution in [3.05, 3.63) is 23.2 Å². The number of nitrogens with zero attached hydrogens (tertiary/aromatic N) is 1. The minimum atomic E-state index is -0.506. The number of nitrogens with two attached hydrogens (primary N) is 1. The number of anilines is 1. The Labute approximate surface area is 103 Å². The van der Waals surface area contributed by atoms with E-state index in [2.05, 4.69) is 4.98 Å². The van der Waals surface area contributed by atoms with Crippen molar-refractivity contribution in [2.24, 2.45) is 0 Å². The van der Waals surface area contributed by atoms with Crippen molar-refractivity contribution >= 4 is 33.2 Å². The molecule has 0 atom stereocenters. The number of rotatable bonds is 1. The van der Waals surface area contributed by atoms with Crippen LogP contribution in [0.25, 0.3) is 10.2 Å². The molecule has 1 heterocycles. The first-order valence-electron chi connectivity index (χ1n) is 5.24. The summed E-state index contributed by atoms with van der Waals surface area (Å²) < 4.78 is 6.16. The third kappa shape index (κ3) is 2.74. The van der Waals surface area contributed by atoms with E-state index >= 15 is 0 Å². The highest BCUT2D eigenvalue weighted by atomic mass is 32.1. The molecule has 0 aliphatic rings. The Bertz CT molecular complexity index is 569. The molecule has 0 amide bonds. The fourth-order valence-corrected chi connectivity index (χ4v) is 2.24. The quantitative estimate of drug-likeness (QED) is 0.624. The van der Waals surface area contributed by atoms with Crippen LogP contribution in [-0.2, 0) is 4.74 Å². The zero-order valence-electron chi connectivity index (χ0n) is 9.98. The molecule has 0 aliphatic heterocycles. The molecule has 1 aromatic heterocycles. The zero-order valence-corrected chi connectivity index (χ0v) is 10.8. The predicted octanol–water partition coefficient (Wildman–Crippen LogP) is 2.83. The normalized spacial score (nSPS) is 11.7. The second kappa shape index (κ2) is 4.00. The van der Waals surface area contributed by atoms with E-state index in [0.29, 0.717) is 10.7 Å². The molecule has 90 valence electrons. The van der Waals surface area contributed by atoms with Crippen LogP contribution in [0, 0.1) is 0 Å². The van der Waals surface area contributed by atoms with E-state index in [0.717, 1.165) is 10.2 Å². The van der Waals surface area contributed by atoms with Gasteiger partial charge in [-0.3, -0.25) is 0 Å². The van der Waals surface area contributed by atoms with Crippen molar-refractivity contribution in [1.82, 2.24) is 4.98 Å². The molecular weight excluding hydrogens is 236 g/mol. The van der Waals surface area contributed by atoms with Crippen molar-refractivity contribution in [2.45, 2.75) is 26.4 Å². The number of carbonyl (C=O) groups excluding carboxylic acids is 1.